The highest BCUT2D eigenvalue weighted by Crippen LogP contribution is 2.30. The minimum Gasteiger partial charge on any atom is -0.490 e. The summed E-state index contributed by atoms with van der Waals surface area (Å²) in [4.78, 5) is 36.5. The molecule has 0 aliphatic heterocycles. The number of nitrogens with one attached hydrogen (secondary N) is 1. The van der Waals surface area contributed by atoms with E-state index < -0.39 is 29.3 Å². The van der Waals surface area contributed by atoms with Gasteiger partial charge in [0.25, 0.3) is 5.91 Å². The third-order valence-corrected chi connectivity index (χ3v) is 4.39. The lowest BCUT2D eigenvalue weighted by Crippen LogP contribution is -2.48. The smallest absolute Gasteiger partial charge is 0.311 e. The van der Waals surface area contributed by atoms with Crippen molar-refractivity contribution in [3.63, 3.8) is 0 Å². The quantitative estimate of drug-likeness (QED) is 0.493. The van der Waals surface area contributed by atoms with E-state index in [1.165, 1.54) is 61.5 Å². The zero-order valence-electron chi connectivity index (χ0n) is 16.8. The van der Waals surface area contributed by atoms with E-state index in [1.54, 1.807) is 6.92 Å². The first kappa shape index (κ1) is 22.6. The van der Waals surface area contributed by atoms with Gasteiger partial charge in [0.1, 0.15) is 17.6 Å². The van der Waals surface area contributed by atoms with Gasteiger partial charge in [0, 0.05) is 25.7 Å². The minimum absolute atomic E-state index is 0.00755. The van der Waals surface area contributed by atoms with Crippen LogP contribution in [0.1, 0.15) is 12.5 Å². The summed E-state index contributed by atoms with van der Waals surface area (Å²) in [7, 11) is 2.74. The molecule has 10 heteroatoms. The molecule has 2 aromatic carbocycles. The molecule has 0 aliphatic carbocycles. The number of nitrogens with zero attached hydrogens (tertiary/aromatic N) is 2. The summed E-state index contributed by atoms with van der Waals surface area (Å²) in [5.41, 5.74) is 0.403. The van der Waals surface area contributed by atoms with Crippen LogP contribution in [0, 0.1) is 15.9 Å². The number of ether oxygens (including phenoxy) is 2. The van der Waals surface area contributed by atoms with Crippen molar-refractivity contribution in [1.82, 2.24) is 10.2 Å². The molecule has 0 unspecified atom stereocenters. The fraction of sp³-hybridized carbons (Fsp3) is 0.300. The molecule has 0 saturated heterocycles. The molecule has 160 valence electrons. The zero-order valence-corrected chi connectivity index (χ0v) is 16.8. The van der Waals surface area contributed by atoms with E-state index in [9.17, 15) is 24.1 Å². The summed E-state index contributed by atoms with van der Waals surface area (Å²) in [6.45, 7) is 1.22. The summed E-state index contributed by atoms with van der Waals surface area (Å²) >= 11 is 0. The average molecular weight is 419 g/mol. The van der Waals surface area contributed by atoms with Crippen LogP contribution in [0.4, 0.5) is 10.1 Å². The van der Waals surface area contributed by atoms with Crippen molar-refractivity contribution in [3.05, 3.63) is 64.0 Å². The molecule has 0 aromatic heterocycles. The van der Waals surface area contributed by atoms with Crippen LogP contribution >= 0.6 is 0 Å². The Morgan fingerprint density at radius 2 is 1.90 bits per heavy atom. The fourth-order valence-electron chi connectivity index (χ4n) is 2.70. The Kier molecular flexibility index (Phi) is 7.68. The molecule has 0 aliphatic rings. The van der Waals surface area contributed by atoms with E-state index in [4.69, 9.17) is 9.47 Å². The Morgan fingerprint density at radius 3 is 2.47 bits per heavy atom. The normalized spacial score (nSPS) is 11.3. The van der Waals surface area contributed by atoms with Crippen molar-refractivity contribution >= 4 is 17.5 Å². The molecule has 1 atom stereocenters. The van der Waals surface area contributed by atoms with Gasteiger partial charge in [-0.1, -0.05) is 12.1 Å². The summed E-state index contributed by atoms with van der Waals surface area (Å²) < 4.78 is 23.6. The Morgan fingerprint density at radius 1 is 1.23 bits per heavy atom. The molecule has 0 radical (unpaired) electrons. The Bertz CT molecular complexity index is 919. The van der Waals surface area contributed by atoms with Gasteiger partial charge in [0.15, 0.2) is 6.61 Å². The van der Waals surface area contributed by atoms with Crippen LogP contribution in [0.5, 0.6) is 11.5 Å². The van der Waals surface area contributed by atoms with Crippen molar-refractivity contribution in [3.8, 4) is 11.5 Å². The maximum Gasteiger partial charge on any atom is 0.311 e. The van der Waals surface area contributed by atoms with Crippen LogP contribution in [0.15, 0.2) is 42.5 Å². The molecular weight excluding hydrogens is 397 g/mol. The zero-order chi connectivity index (χ0) is 22.3. The summed E-state index contributed by atoms with van der Waals surface area (Å²) in [6, 6.07) is 8.63. The van der Waals surface area contributed by atoms with Gasteiger partial charge in [0.05, 0.1) is 12.0 Å². The molecule has 2 amide bonds. The minimum atomic E-state index is -0.803. The van der Waals surface area contributed by atoms with Gasteiger partial charge in [-0.3, -0.25) is 19.7 Å². The number of hydrogen-bond acceptors (Lipinski definition) is 6. The van der Waals surface area contributed by atoms with E-state index in [0.717, 1.165) is 0 Å². The standard InChI is InChI=1S/C20H22FN3O6/c1-13(20(26)22-2)23(11-14-4-6-15(21)7-5-14)19(25)12-30-16-8-9-17(24(27)28)18(10-16)29-3/h4-10,13H,11-12H2,1-3H3,(H,22,26)/t13-/m1/s1. The SMILES string of the molecule is CNC(=O)[C@@H](C)N(Cc1ccc(F)cc1)C(=O)COc1ccc([N+](=O)[O-])c(OC)c1. The molecule has 0 spiro atoms. The molecule has 9 nitrogen and oxygen atoms in total. The van der Waals surface area contributed by atoms with Gasteiger partial charge in [0.2, 0.25) is 11.7 Å². The number of nitro benzene ring substituents is 1. The van der Waals surface area contributed by atoms with Crippen LogP contribution in [0.25, 0.3) is 0 Å². The first-order valence-electron chi connectivity index (χ1n) is 8.97. The van der Waals surface area contributed by atoms with Gasteiger partial charge in [-0.2, -0.15) is 0 Å². The molecule has 0 fully saturated rings. The number of nitro groups is 1. The molecule has 0 heterocycles. The third kappa shape index (κ3) is 5.66. The number of amides is 2. The first-order chi connectivity index (χ1) is 14.3. The van der Waals surface area contributed by atoms with Crippen molar-refractivity contribution in [2.75, 3.05) is 20.8 Å². The number of methoxy groups -OCH3 is 1. The number of carbonyl (C=O) groups is 2. The van der Waals surface area contributed by atoms with E-state index in [0.29, 0.717) is 5.56 Å². The number of rotatable bonds is 9. The molecule has 2 rings (SSSR count). The van der Waals surface area contributed by atoms with Crippen molar-refractivity contribution in [1.29, 1.82) is 0 Å². The Labute approximate surface area is 172 Å². The first-order valence-corrected chi connectivity index (χ1v) is 8.97. The molecule has 0 bridgehead atoms. The number of carbonyl (C=O) groups excluding carboxylic acids is 2. The summed E-state index contributed by atoms with van der Waals surface area (Å²) in [6.07, 6.45) is 0. The molecule has 30 heavy (non-hydrogen) atoms. The number of halogens is 1. The third-order valence-electron chi connectivity index (χ3n) is 4.39. The van der Waals surface area contributed by atoms with Gasteiger partial charge < -0.3 is 19.7 Å². The lowest BCUT2D eigenvalue weighted by atomic mass is 10.1. The maximum atomic E-state index is 13.2. The highest BCUT2D eigenvalue weighted by atomic mass is 19.1. The topological polar surface area (TPSA) is 111 Å². The number of likely N-dealkylation sites (N-methyl/N-ethyl adjacent to an activating group) is 1. The van der Waals surface area contributed by atoms with Crippen molar-refractivity contribution in [2.24, 2.45) is 0 Å². The molecule has 0 saturated carbocycles. The average Bonchev–Trinajstić information content (AvgIpc) is 2.75. The Hall–Kier alpha value is -3.69. The van der Waals surface area contributed by atoms with Crippen molar-refractivity contribution < 1.29 is 28.4 Å². The predicted molar refractivity (Wildman–Crippen MR) is 106 cm³/mol. The molecular formula is C20H22FN3O6. The van der Waals surface area contributed by atoms with Crippen LogP contribution in [0.3, 0.4) is 0 Å². The second kappa shape index (κ2) is 10.2. The maximum absolute atomic E-state index is 13.2. The lowest BCUT2D eigenvalue weighted by Gasteiger charge is -2.28. The Balaban J connectivity index is 2.16. The summed E-state index contributed by atoms with van der Waals surface area (Å²) in [5.74, 6) is -1.09. The van der Waals surface area contributed by atoms with Crippen LogP contribution in [-0.2, 0) is 16.1 Å². The largest absolute Gasteiger partial charge is 0.490 e. The monoisotopic (exact) mass is 419 g/mol. The molecule has 2 aromatic rings. The van der Waals surface area contributed by atoms with Crippen LogP contribution < -0.4 is 14.8 Å². The van der Waals surface area contributed by atoms with Gasteiger partial charge >= 0.3 is 5.69 Å². The van der Waals surface area contributed by atoms with Gasteiger partial charge in [-0.25, -0.2) is 4.39 Å². The second-order valence-corrected chi connectivity index (χ2v) is 6.32. The second-order valence-electron chi connectivity index (χ2n) is 6.32. The highest BCUT2D eigenvalue weighted by Gasteiger charge is 2.26. The highest BCUT2D eigenvalue weighted by molar-refractivity contribution is 5.87. The van der Waals surface area contributed by atoms with E-state index in [1.807, 2.05) is 0 Å². The van der Waals surface area contributed by atoms with E-state index in [-0.39, 0.29) is 29.6 Å². The summed E-state index contributed by atoms with van der Waals surface area (Å²) in [5, 5.41) is 13.5. The van der Waals surface area contributed by atoms with E-state index in [2.05, 4.69) is 5.32 Å². The van der Waals surface area contributed by atoms with E-state index >= 15 is 0 Å². The number of hydrogen-bond donors (Lipinski definition) is 1. The van der Waals surface area contributed by atoms with Crippen molar-refractivity contribution in [2.45, 2.75) is 19.5 Å². The number of benzene rings is 2. The fourth-order valence-corrected chi connectivity index (χ4v) is 2.70. The lowest BCUT2D eigenvalue weighted by molar-refractivity contribution is -0.385. The van der Waals surface area contributed by atoms with Crippen LogP contribution in [0.2, 0.25) is 0 Å². The predicted octanol–water partition coefficient (Wildman–Crippen LogP) is 2.28. The van der Waals surface area contributed by atoms with Crippen LogP contribution in [-0.4, -0.2) is 48.4 Å². The molecule has 1 N–H and O–H groups in total. The van der Waals surface area contributed by atoms with Gasteiger partial charge in [-0.15, -0.1) is 0 Å². The van der Waals surface area contributed by atoms with Gasteiger partial charge in [-0.05, 0) is 30.7 Å².